The van der Waals surface area contributed by atoms with Gasteiger partial charge in [-0.05, 0) is 0 Å². The molecule has 1 saturated heterocycles. The highest BCUT2D eigenvalue weighted by Crippen LogP contribution is 2.04. The monoisotopic (exact) mass is 223 g/mol. The Morgan fingerprint density at radius 3 is 3.00 bits per heavy atom. The number of aryl methyl sites for hydroxylation is 1. The van der Waals surface area contributed by atoms with E-state index in [0.29, 0.717) is 19.5 Å². The molecule has 7 heteroatoms. The standard InChI is InChI=1S/C9H13N5O2/c1-13-5-7(11-12-13)6-14-3-2-8(15)10-4-9(14)16/h5H,2-4,6H2,1H3,(H,10,15). The number of aromatic nitrogens is 3. The van der Waals surface area contributed by atoms with Crippen molar-refractivity contribution in [2.45, 2.75) is 13.0 Å². The molecule has 0 spiro atoms. The summed E-state index contributed by atoms with van der Waals surface area (Å²) >= 11 is 0. The highest BCUT2D eigenvalue weighted by Gasteiger charge is 2.20. The first-order valence-electron chi connectivity index (χ1n) is 5.05. The van der Waals surface area contributed by atoms with Gasteiger partial charge in [0.05, 0.1) is 13.1 Å². The molecule has 0 bridgehead atoms. The van der Waals surface area contributed by atoms with Crippen LogP contribution in [0.1, 0.15) is 12.1 Å². The Morgan fingerprint density at radius 2 is 2.31 bits per heavy atom. The van der Waals surface area contributed by atoms with E-state index in [9.17, 15) is 9.59 Å². The Hall–Kier alpha value is -1.92. The SMILES string of the molecule is Cn1cc(CN2CCC(=O)NCC2=O)nn1. The first kappa shape index (κ1) is 10.6. The summed E-state index contributed by atoms with van der Waals surface area (Å²) in [5, 5.41) is 10.2. The maximum absolute atomic E-state index is 11.6. The zero-order valence-electron chi connectivity index (χ0n) is 9.01. The Bertz CT molecular complexity index is 414. The second-order valence-corrected chi connectivity index (χ2v) is 3.73. The molecule has 0 atom stereocenters. The molecule has 1 aromatic rings. The zero-order chi connectivity index (χ0) is 11.5. The van der Waals surface area contributed by atoms with Gasteiger partial charge in [-0.3, -0.25) is 14.3 Å². The molecule has 1 aliphatic heterocycles. The van der Waals surface area contributed by atoms with Crippen molar-refractivity contribution in [2.24, 2.45) is 7.05 Å². The molecule has 7 nitrogen and oxygen atoms in total. The van der Waals surface area contributed by atoms with Gasteiger partial charge in [-0.1, -0.05) is 5.21 Å². The minimum Gasteiger partial charge on any atom is -0.347 e. The second-order valence-electron chi connectivity index (χ2n) is 3.73. The molecule has 1 fully saturated rings. The summed E-state index contributed by atoms with van der Waals surface area (Å²) in [4.78, 5) is 24.3. The summed E-state index contributed by atoms with van der Waals surface area (Å²) in [6, 6.07) is 0. The lowest BCUT2D eigenvalue weighted by molar-refractivity contribution is -0.130. The van der Waals surface area contributed by atoms with E-state index >= 15 is 0 Å². The number of nitrogens with one attached hydrogen (secondary N) is 1. The molecule has 2 heterocycles. The number of rotatable bonds is 2. The third-order valence-corrected chi connectivity index (χ3v) is 2.40. The summed E-state index contributed by atoms with van der Waals surface area (Å²) in [7, 11) is 1.77. The molecule has 1 N–H and O–H groups in total. The smallest absolute Gasteiger partial charge is 0.242 e. The minimum atomic E-state index is -0.0880. The van der Waals surface area contributed by atoms with E-state index < -0.39 is 0 Å². The predicted molar refractivity (Wildman–Crippen MR) is 54.0 cm³/mol. The molecular formula is C9H13N5O2. The lowest BCUT2D eigenvalue weighted by atomic mass is 10.3. The van der Waals surface area contributed by atoms with Gasteiger partial charge >= 0.3 is 0 Å². The molecule has 2 rings (SSSR count). The van der Waals surface area contributed by atoms with Crippen LogP contribution in [0.2, 0.25) is 0 Å². The van der Waals surface area contributed by atoms with E-state index in [1.54, 1.807) is 22.8 Å². The number of hydrogen-bond donors (Lipinski definition) is 1. The lowest BCUT2D eigenvalue weighted by Crippen LogP contribution is -2.34. The van der Waals surface area contributed by atoms with Gasteiger partial charge in [-0.2, -0.15) is 0 Å². The van der Waals surface area contributed by atoms with Gasteiger partial charge in [0.25, 0.3) is 0 Å². The molecule has 0 aliphatic carbocycles. The summed E-state index contributed by atoms with van der Waals surface area (Å²) in [5.74, 6) is -0.175. The summed E-state index contributed by atoms with van der Waals surface area (Å²) in [6.45, 7) is 0.905. The van der Waals surface area contributed by atoms with Crippen LogP contribution in [0.4, 0.5) is 0 Å². The first-order valence-corrected chi connectivity index (χ1v) is 5.05. The van der Waals surface area contributed by atoms with Crippen molar-refractivity contribution < 1.29 is 9.59 Å². The van der Waals surface area contributed by atoms with Crippen LogP contribution in [-0.2, 0) is 23.2 Å². The maximum Gasteiger partial charge on any atom is 0.242 e. The molecule has 86 valence electrons. The Morgan fingerprint density at radius 1 is 1.50 bits per heavy atom. The molecule has 0 unspecified atom stereocenters. The summed E-state index contributed by atoms with van der Waals surface area (Å²) < 4.78 is 1.58. The normalized spacial score (nSPS) is 17.2. The van der Waals surface area contributed by atoms with Crippen molar-refractivity contribution in [3.8, 4) is 0 Å². The van der Waals surface area contributed by atoms with Crippen molar-refractivity contribution in [2.75, 3.05) is 13.1 Å². The van der Waals surface area contributed by atoms with Gasteiger partial charge in [-0.15, -0.1) is 5.10 Å². The first-order chi connectivity index (χ1) is 7.65. The van der Waals surface area contributed by atoms with Crippen molar-refractivity contribution >= 4 is 11.8 Å². The van der Waals surface area contributed by atoms with Gasteiger partial charge in [-0.25, -0.2) is 0 Å². The van der Waals surface area contributed by atoms with E-state index in [0.717, 1.165) is 5.69 Å². The molecule has 16 heavy (non-hydrogen) atoms. The van der Waals surface area contributed by atoms with Crippen molar-refractivity contribution in [3.63, 3.8) is 0 Å². The van der Waals surface area contributed by atoms with Crippen LogP contribution in [0, 0.1) is 0 Å². The van der Waals surface area contributed by atoms with E-state index in [1.807, 2.05) is 0 Å². The van der Waals surface area contributed by atoms with Gasteiger partial charge in [0.15, 0.2) is 0 Å². The fourth-order valence-electron chi connectivity index (χ4n) is 1.57. The topological polar surface area (TPSA) is 80.1 Å². The molecule has 1 aliphatic rings. The zero-order valence-corrected chi connectivity index (χ0v) is 9.01. The van der Waals surface area contributed by atoms with Crippen LogP contribution in [0.15, 0.2) is 6.20 Å². The largest absolute Gasteiger partial charge is 0.347 e. The van der Waals surface area contributed by atoms with Crippen molar-refractivity contribution in [1.82, 2.24) is 25.2 Å². The molecule has 0 saturated carbocycles. The van der Waals surface area contributed by atoms with Gasteiger partial charge in [0, 0.05) is 26.2 Å². The molecule has 2 amide bonds. The van der Waals surface area contributed by atoms with Crippen LogP contribution >= 0.6 is 0 Å². The average molecular weight is 223 g/mol. The number of hydrogen-bond acceptors (Lipinski definition) is 4. The van der Waals surface area contributed by atoms with E-state index in [2.05, 4.69) is 15.6 Å². The lowest BCUT2D eigenvalue weighted by Gasteiger charge is -2.17. The van der Waals surface area contributed by atoms with Crippen LogP contribution in [0.3, 0.4) is 0 Å². The number of carbonyl (C=O) groups is 2. The van der Waals surface area contributed by atoms with Crippen LogP contribution < -0.4 is 5.32 Å². The molecule has 1 aromatic heterocycles. The minimum absolute atomic E-state index is 0.0685. The third-order valence-electron chi connectivity index (χ3n) is 2.40. The summed E-state index contributed by atoms with van der Waals surface area (Å²) in [6.07, 6.45) is 2.10. The Labute approximate surface area is 92.4 Å². The Balaban J connectivity index is 2.02. The number of nitrogens with zero attached hydrogens (tertiary/aromatic N) is 4. The van der Waals surface area contributed by atoms with Crippen LogP contribution in [0.25, 0.3) is 0 Å². The average Bonchev–Trinajstić information content (AvgIpc) is 2.59. The quantitative estimate of drug-likeness (QED) is 0.673. The maximum atomic E-state index is 11.6. The molecule has 0 radical (unpaired) electrons. The van der Waals surface area contributed by atoms with Gasteiger partial charge < -0.3 is 10.2 Å². The van der Waals surface area contributed by atoms with Crippen LogP contribution in [0.5, 0.6) is 0 Å². The Kier molecular flexibility index (Phi) is 2.84. The summed E-state index contributed by atoms with van der Waals surface area (Å²) in [5.41, 5.74) is 0.727. The fraction of sp³-hybridized carbons (Fsp3) is 0.556. The number of amides is 2. The van der Waals surface area contributed by atoms with Gasteiger partial charge in [0.2, 0.25) is 11.8 Å². The highest BCUT2D eigenvalue weighted by atomic mass is 16.2. The van der Waals surface area contributed by atoms with Crippen molar-refractivity contribution in [3.05, 3.63) is 11.9 Å². The van der Waals surface area contributed by atoms with Crippen LogP contribution in [-0.4, -0.2) is 44.8 Å². The molecular weight excluding hydrogens is 210 g/mol. The van der Waals surface area contributed by atoms with Gasteiger partial charge in [0.1, 0.15) is 5.69 Å². The van der Waals surface area contributed by atoms with E-state index in [-0.39, 0.29) is 18.4 Å². The van der Waals surface area contributed by atoms with E-state index in [1.165, 1.54) is 0 Å². The molecule has 0 aromatic carbocycles. The predicted octanol–water partition coefficient (Wildman–Crippen LogP) is -1.34. The number of carbonyl (C=O) groups excluding carboxylic acids is 2. The highest BCUT2D eigenvalue weighted by molar-refractivity contribution is 5.87. The van der Waals surface area contributed by atoms with E-state index in [4.69, 9.17) is 0 Å². The third kappa shape index (κ3) is 2.36. The fourth-order valence-corrected chi connectivity index (χ4v) is 1.57. The van der Waals surface area contributed by atoms with Crippen molar-refractivity contribution in [1.29, 1.82) is 0 Å². The second kappa shape index (κ2) is 4.30.